The molecular formula is C12H17O2. The van der Waals surface area contributed by atoms with Crippen LogP contribution in [0.2, 0.25) is 0 Å². The van der Waals surface area contributed by atoms with Crippen LogP contribution in [0, 0.1) is 20.8 Å². The molecule has 2 nitrogen and oxygen atoms in total. The third-order valence-corrected chi connectivity index (χ3v) is 2.31. The molecule has 0 fully saturated rings. The summed E-state index contributed by atoms with van der Waals surface area (Å²) in [6.45, 7) is 6.94. The first kappa shape index (κ1) is 11.2. The normalized spacial score (nSPS) is 10.6. The first-order valence-electron chi connectivity index (χ1n) is 4.87. The van der Waals surface area contributed by atoms with Gasteiger partial charge in [-0.2, -0.15) is 0 Å². The molecule has 0 amide bonds. The summed E-state index contributed by atoms with van der Waals surface area (Å²) in [4.78, 5) is 0. The predicted octanol–water partition coefficient (Wildman–Crippen LogP) is 2.56. The zero-order valence-electron chi connectivity index (χ0n) is 9.09. The highest BCUT2D eigenvalue weighted by Crippen LogP contribution is 2.16. The van der Waals surface area contributed by atoms with Gasteiger partial charge in [0.15, 0.2) is 0 Å². The monoisotopic (exact) mass is 193 g/mol. The molecule has 14 heavy (non-hydrogen) atoms. The molecule has 0 atom stereocenters. The Morgan fingerprint density at radius 2 is 1.71 bits per heavy atom. The van der Waals surface area contributed by atoms with Crippen LogP contribution < -0.4 is 0 Å². The van der Waals surface area contributed by atoms with Crippen LogP contribution in [0.5, 0.6) is 0 Å². The van der Waals surface area contributed by atoms with Crippen LogP contribution in [-0.2, 0) is 16.5 Å². The Hall–Kier alpha value is -0.860. The lowest BCUT2D eigenvalue weighted by Crippen LogP contribution is -2.02. The summed E-state index contributed by atoms with van der Waals surface area (Å²) in [7, 11) is 0. The SMILES string of the molecule is Cc1cc(C)c(COCC[O])c(C)c1. The summed E-state index contributed by atoms with van der Waals surface area (Å²) in [5, 5.41) is 10.2. The standard InChI is InChI=1S/C12H17O2/c1-9-6-10(2)12(11(3)7-9)8-14-5-4-13/h6-7H,4-5,8H2,1-3H3. The molecule has 1 radical (unpaired) electrons. The van der Waals surface area contributed by atoms with E-state index in [4.69, 9.17) is 4.74 Å². The second-order valence-corrected chi connectivity index (χ2v) is 3.63. The second-order valence-electron chi connectivity index (χ2n) is 3.63. The van der Waals surface area contributed by atoms with Crippen molar-refractivity contribution >= 4 is 0 Å². The molecule has 77 valence electrons. The van der Waals surface area contributed by atoms with Gasteiger partial charge < -0.3 is 4.74 Å². The fraction of sp³-hybridized carbons (Fsp3) is 0.500. The fourth-order valence-corrected chi connectivity index (χ4v) is 1.67. The molecule has 0 N–H and O–H groups in total. The lowest BCUT2D eigenvalue weighted by atomic mass is 10.0. The highest BCUT2D eigenvalue weighted by Gasteiger charge is 2.03. The molecule has 0 heterocycles. The molecule has 0 saturated heterocycles. The molecule has 0 aromatic heterocycles. The van der Waals surface area contributed by atoms with E-state index in [2.05, 4.69) is 32.9 Å². The lowest BCUT2D eigenvalue weighted by molar-refractivity contribution is 0.0546. The van der Waals surface area contributed by atoms with E-state index >= 15 is 0 Å². The minimum atomic E-state index is -0.163. The van der Waals surface area contributed by atoms with Crippen LogP contribution in [0.15, 0.2) is 12.1 Å². The first-order chi connectivity index (χ1) is 6.65. The van der Waals surface area contributed by atoms with Gasteiger partial charge in [0.25, 0.3) is 0 Å². The maximum Gasteiger partial charge on any atom is 0.106 e. The summed E-state index contributed by atoms with van der Waals surface area (Å²) in [6.07, 6.45) is 0. The van der Waals surface area contributed by atoms with E-state index < -0.39 is 0 Å². The van der Waals surface area contributed by atoms with Crippen molar-refractivity contribution in [3.63, 3.8) is 0 Å². The summed E-state index contributed by atoms with van der Waals surface area (Å²) < 4.78 is 5.26. The largest absolute Gasteiger partial charge is 0.374 e. The minimum absolute atomic E-state index is 0.163. The van der Waals surface area contributed by atoms with Gasteiger partial charge in [0, 0.05) is 0 Å². The van der Waals surface area contributed by atoms with Crippen molar-refractivity contribution < 1.29 is 9.84 Å². The minimum Gasteiger partial charge on any atom is -0.374 e. The van der Waals surface area contributed by atoms with Gasteiger partial charge in [-0.05, 0) is 37.5 Å². The van der Waals surface area contributed by atoms with Gasteiger partial charge in [-0.3, -0.25) is 0 Å². The van der Waals surface area contributed by atoms with E-state index in [1.54, 1.807) is 0 Å². The number of hydrogen-bond acceptors (Lipinski definition) is 1. The molecule has 0 aliphatic rings. The Morgan fingerprint density at radius 1 is 1.14 bits per heavy atom. The zero-order valence-corrected chi connectivity index (χ0v) is 9.09. The van der Waals surface area contributed by atoms with Gasteiger partial charge in [0.1, 0.15) is 6.61 Å². The van der Waals surface area contributed by atoms with Gasteiger partial charge in [-0.15, -0.1) is 0 Å². The Kier molecular flexibility index (Phi) is 4.11. The van der Waals surface area contributed by atoms with Crippen molar-refractivity contribution in [2.75, 3.05) is 13.2 Å². The molecule has 0 unspecified atom stereocenters. The van der Waals surface area contributed by atoms with Crippen LogP contribution >= 0.6 is 0 Å². The second kappa shape index (κ2) is 5.13. The fourth-order valence-electron chi connectivity index (χ4n) is 1.67. The topological polar surface area (TPSA) is 29.1 Å². The van der Waals surface area contributed by atoms with Crippen LogP contribution in [-0.4, -0.2) is 13.2 Å². The molecule has 1 rings (SSSR count). The molecular weight excluding hydrogens is 176 g/mol. The Balaban J connectivity index is 2.75. The van der Waals surface area contributed by atoms with Crippen molar-refractivity contribution in [1.82, 2.24) is 0 Å². The molecule has 1 aromatic rings. The van der Waals surface area contributed by atoms with Crippen molar-refractivity contribution in [1.29, 1.82) is 0 Å². The summed E-state index contributed by atoms with van der Waals surface area (Å²) in [5.41, 5.74) is 4.97. The Bertz CT molecular complexity index is 282. The van der Waals surface area contributed by atoms with E-state index in [9.17, 15) is 5.11 Å². The van der Waals surface area contributed by atoms with Crippen molar-refractivity contribution in [2.45, 2.75) is 27.4 Å². The summed E-state index contributed by atoms with van der Waals surface area (Å²) in [5.74, 6) is 0. The van der Waals surface area contributed by atoms with Crippen LogP contribution in [0.25, 0.3) is 0 Å². The predicted molar refractivity (Wildman–Crippen MR) is 55.9 cm³/mol. The molecule has 1 aromatic carbocycles. The lowest BCUT2D eigenvalue weighted by Gasteiger charge is -2.11. The Labute approximate surface area is 85.5 Å². The van der Waals surface area contributed by atoms with E-state index in [1.807, 2.05) is 0 Å². The zero-order chi connectivity index (χ0) is 10.6. The maximum absolute atomic E-state index is 10.2. The number of rotatable bonds is 4. The van der Waals surface area contributed by atoms with Gasteiger partial charge >= 0.3 is 0 Å². The van der Waals surface area contributed by atoms with Crippen molar-refractivity contribution in [3.05, 3.63) is 34.4 Å². The molecule has 0 bridgehead atoms. The van der Waals surface area contributed by atoms with E-state index in [0.717, 1.165) is 0 Å². The molecule has 0 spiro atoms. The van der Waals surface area contributed by atoms with E-state index in [1.165, 1.54) is 22.3 Å². The first-order valence-corrected chi connectivity index (χ1v) is 4.87. The third-order valence-electron chi connectivity index (χ3n) is 2.31. The summed E-state index contributed by atoms with van der Waals surface area (Å²) in [6, 6.07) is 4.28. The van der Waals surface area contributed by atoms with E-state index in [0.29, 0.717) is 13.2 Å². The van der Waals surface area contributed by atoms with Crippen molar-refractivity contribution in [3.8, 4) is 0 Å². The molecule has 2 heteroatoms. The summed E-state index contributed by atoms with van der Waals surface area (Å²) >= 11 is 0. The van der Waals surface area contributed by atoms with Crippen LogP contribution in [0.3, 0.4) is 0 Å². The Morgan fingerprint density at radius 3 is 2.21 bits per heavy atom. The smallest absolute Gasteiger partial charge is 0.106 e. The number of benzene rings is 1. The highest BCUT2D eigenvalue weighted by molar-refractivity contribution is 5.36. The molecule has 0 aliphatic carbocycles. The van der Waals surface area contributed by atoms with Gasteiger partial charge in [0.05, 0.1) is 13.2 Å². The third kappa shape index (κ3) is 2.82. The van der Waals surface area contributed by atoms with Gasteiger partial charge in [0.2, 0.25) is 0 Å². The average Bonchev–Trinajstić information content (AvgIpc) is 2.09. The van der Waals surface area contributed by atoms with Crippen molar-refractivity contribution in [2.24, 2.45) is 0 Å². The maximum atomic E-state index is 10.2. The number of aryl methyl sites for hydroxylation is 3. The quantitative estimate of drug-likeness (QED) is 0.676. The molecule has 0 saturated carbocycles. The van der Waals surface area contributed by atoms with Gasteiger partial charge in [-0.1, -0.05) is 17.7 Å². The van der Waals surface area contributed by atoms with Crippen LogP contribution in [0.1, 0.15) is 22.3 Å². The molecule has 0 aliphatic heterocycles. The number of hydrogen-bond donors (Lipinski definition) is 0. The highest BCUT2D eigenvalue weighted by atomic mass is 16.5. The number of ether oxygens (including phenoxy) is 1. The van der Waals surface area contributed by atoms with E-state index in [-0.39, 0.29) is 6.61 Å². The average molecular weight is 193 g/mol. The van der Waals surface area contributed by atoms with Gasteiger partial charge in [-0.25, -0.2) is 5.11 Å². The van der Waals surface area contributed by atoms with Crippen LogP contribution in [0.4, 0.5) is 0 Å².